The Kier molecular flexibility index (Phi) is 2.44. The third kappa shape index (κ3) is 1.96. The highest BCUT2D eigenvalue weighted by Gasteiger charge is 2.20. The lowest BCUT2D eigenvalue weighted by Gasteiger charge is -2.23. The van der Waals surface area contributed by atoms with Gasteiger partial charge in [-0.1, -0.05) is 36.4 Å². The first kappa shape index (κ1) is 10.1. The third-order valence-electron chi connectivity index (χ3n) is 3.11. The van der Waals surface area contributed by atoms with Crippen molar-refractivity contribution < 1.29 is 9.53 Å². The molecule has 17 heavy (non-hydrogen) atoms. The van der Waals surface area contributed by atoms with Crippen molar-refractivity contribution in [2.24, 2.45) is 0 Å². The Morgan fingerprint density at radius 3 is 2.76 bits per heavy atom. The van der Waals surface area contributed by atoms with Gasteiger partial charge in [0.25, 0.3) is 0 Å². The molecule has 1 atom stereocenters. The van der Waals surface area contributed by atoms with Crippen molar-refractivity contribution in [2.45, 2.75) is 12.5 Å². The smallest absolute Gasteiger partial charge is 0.407 e. The predicted octanol–water partition coefficient (Wildman–Crippen LogP) is 3.01. The summed E-state index contributed by atoms with van der Waals surface area (Å²) in [4.78, 5) is 11.2. The zero-order valence-corrected chi connectivity index (χ0v) is 9.35. The Bertz CT molecular complexity index is 565. The topological polar surface area (TPSA) is 38.3 Å². The van der Waals surface area contributed by atoms with Gasteiger partial charge in [0.05, 0.1) is 12.6 Å². The van der Waals surface area contributed by atoms with E-state index in [2.05, 4.69) is 35.6 Å². The fourth-order valence-corrected chi connectivity index (χ4v) is 2.20. The van der Waals surface area contributed by atoms with E-state index in [1.165, 1.54) is 10.8 Å². The van der Waals surface area contributed by atoms with Gasteiger partial charge in [-0.05, 0) is 22.4 Å². The second kappa shape index (κ2) is 4.09. The molecule has 1 aliphatic heterocycles. The normalized spacial score (nSPS) is 19.8. The maximum absolute atomic E-state index is 11.2. The van der Waals surface area contributed by atoms with E-state index in [4.69, 9.17) is 4.74 Å². The molecule has 1 amide bonds. The number of alkyl carbamates (subject to hydrolysis) is 1. The molecule has 1 aliphatic rings. The van der Waals surface area contributed by atoms with Crippen molar-refractivity contribution >= 4 is 16.9 Å². The van der Waals surface area contributed by atoms with Crippen LogP contribution in [-0.4, -0.2) is 12.7 Å². The standard InChI is InChI=1S/C14H13NO2/c16-14-15-13(7-8-17-14)12-6-5-10-3-1-2-4-11(10)9-12/h1-6,9,13H,7-8H2,(H,15,16)/t13-/m1/s1. The van der Waals surface area contributed by atoms with E-state index in [0.29, 0.717) is 6.61 Å². The molecule has 2 aromatic carbocycles. The lowest BCUT2D eigenvalue weighted by atomic mass is 9.99. The van der Waals surface area contributed by atoms with Gasteiger partial charge < -0.3 is 10.1 Å². The molecule has 0 spiro atoms. The van der Waals surface area contributed by atoms with Crippen molar-refractivity contribution in [3.8, 4) is 0 Å². The minimum atomic E-state index is -0.325. The third-order valence-corrected chi connectivity index (χ3v) is 3.11. The van der Waals surface area contributed by atoms with Crippen LogP contribution in [-0.2, 0) is 4.74 Å². The summed E-state index contributed by atoms with van der Waals surface area (Å²) in [6, 6.07) is 14.6. The number of hydrogen-bond acceptors (Lipinski definition) is 2. The predicted molar refractivity (Wildman–Crippen MR) is 65.8 cm³/mol. The number of carbonyl (C=O) groups excluding carboxylic acids is 1. The van der Waals surface area contributed by atoms with Crippen LogP contribution in [0.3, 0.4) is 0 Å². The molecule has 86 valence electrons. The summed E-state index contributed by atoms with van der Waals surface area (Å²) in [6.07, 6.45) is 0.499. The van der Waals surface area contributed by atoms with Gasteiger partial charge in [-0.25, -0.2) is 4.79 Å². The van der Waals surface area contributed by atoms with Crippen molar-refractivity contribution in [2.75, 3.05) is 6.61 Å². The molecule has 1 N–H and O–H groups in total. The zero-order valence-electron chi connectivity index (χ0n) is 9.35. The van der Waals surface area contributed by atoms with Crippen LogP contribution < -0.4 is 5.32 Å². The Morgan fingerprint density at radius 2 is 1.94 bits per heavy atom. The molecule has 0 aliphatic carbocycles. The van der Waals surface area contributed by atoms with E-state index in [1.807, 2.05) is 12.1 Å². The highest BCUT2D eigenvalue weighted by molar-refractivity contribution is 5.83. The maximum atomic E-state index is 11.2. The van der Waals surface area contributed by atoms with Gasteiger partial charge in [0.2, 0.25) is 0 Å². The number of nitrogens with one attached hydrogen (secondary N) is 1. The van der Waals surface area contributed by atoms with Crippen LogP contribution in [0.25, 0.3) is 10.8 Å². The van der Waals surface area contributed by atoms with Gasteiger partial charge in [-0.2, -0.15) is 0 Å². The summed E-state index contributed by atoms with van der Waals surface area (Å²) in [5.41, 5.74) is 1.14. The average molecular weight is 227 g/mol. The number of carbonyl (C=O) groups is 1. The fraction of sp³-hybridized carbons (Fsp3) is 0.214. The highest BCUT2D eigenvalue weighted by Crippen LogP contribution is 2.24. The molecular weight excluding hydrogens is 214 g/mol. The summed E-state index contributed by atoms with van der Waals surface area (Å²) in [5, 5.41) is 5.25. The number of fused-ring (bicyclic) bond motifs is 1. The molecule has 1 heterocycles. The van der Waals surface area contributed by atoms with Crippen LogP contribution in [0.4, 0.5) is 4.79 Å². The van der Waals surface area contributed by atoms with Gasteiger partial charge in [0, 0.05) is 6.42 Å². The van der Waals surface area contributed by atoms with Crippen LogP contribution in [0.15, 0.2) is 42.5 Å². The molecule has 1 fully saturated rings. The van der Waals surface area contributed by atoms with Crippen molar-refractivity contribution in [1.82, 2.24) is 5.32 Å². The quantitative estimate of drug-likeness (QED) is 0.813. The van der Waals surface area contributed by atoms with Gasteiger partial charge >= 0.3 is 6.09 Å². The van der Waals surface area contributed by atoms with Gasteiger partial charge in [0.15, 0.2) is 0 Å². The van der Waals surface area contributed by atoms with Crippen molar-refractivity contribution in [3.05, 3.63) is 48.0 Å². The molecule has 0 aromatic heterocycles. The first-order valence-electron chi connectivity index (χ1n) is 5.75. The Morgan fingerprint density at radius 1 is 1.12 bits per heavy atom. The molecule has 3 nitrogen and oxygen atoms in total. The molecule has 1 saturated heterocycles. The number of hydrogen-bond donors (Lipinski definition) is 1. The molecule has 2 aromatic rings. The number of amides is 1. The molecule has 0 saturated carbocycles. The first-order chi connectivity index (χ1) is 8.33. The summed E-state index contributed by atoms with van der Waals surface area (Å²) in [7, 11) is 0. The van der Waals surface area contributed by atoms with E-state index in [1.54, 1.807) is 0 Å². The summed E-state index contributed by atoms with van der Waals surface area (Å²) in [6.45, 7) is 0.489. The van der Waals surface area contributed by atoms with E-state index in [9.17, 15) is 4.79 Å². The van der Waals surface area contributed by atoms with Crippen LogP contribution in [0.5, 0.6) is 0 Å². The number of benzene rings is 2. The number of ether oxygens (including phenoxy) is 1. The van der Waals surface area contributed by atoms with Crippen LogP contribution in [0.1, 0.15) is 18.0 Å². The molecule has 0 radical (unpaired) electrons. The minimum Gasteiger partial charge on any atom is -0.449 e. The first-order valence-corrected chi connectivity index (χ1v) is 5.75. The zero-order chi connectivity index (χ0) is 11.7. The van der Waals surface area contributed by atoms with E-state index < -0.39 is 0 Å². The second-order valence-electron chi connectivity index (χ2n) is 4.23. The van der Waals surface area contributed by atoms with E-state index in [0.717, 1.165) is 12.0 Å². The van der Waals surface area contributed by atoms with Crippen LogP contribution in [0, 0.1) is 0 Å². The lowest BCUT2D eigenvalue weighted by Crippen LogP contribution is -2.35. The molecule has 0 unspecified atom stereocenters. The van der Waals surface area contributed by atoms with Gasteiger partial charge in [0.1, 0.15) is 0 Å². The van der Waals surface area contributed by atoms with Crippen molar-refractivity contribution in [3.63, 3.8) is 0 Å². The van der Waals surface area contributed by atoms with Gasteiger partial charge in [-0.15, -0.1) is 0 Å². The SMILES string of the molecule is O=C1N[C@@H](c2ccc3ccccc3c2)CCO1. The van der Waals surface area contributed by atoms with Crippen LogP contribution >= 0.6 is 0 Å². The van der Waals surface area contributed by atoms with Crippen molar-refractivity contribution in [1.29, 1.82) is 0 Å². The summed E-state index contributed by atoms with van der Waals surface area (Å²) < 4.78 is 4.87. The average Bonchev–Trinajstić information content (AvgIpc) is 2.38. The molecular formula is C14H13NO2. The Balaban J connectivity index is 1.97. The molecule has 3 rings (SSSR count). The van der Waals surface area contributed by atoms with E-state index in [-0.39, 0.29) is 12.1 Å². The largest absolute Gasteiger partial charge is 0.449 e. The summed E-state index contributed by atoms with van der Waals surface area (Å²) >= 11 is 0. The Hall–Kier alpha value is -2.03. The lowest BCUT2D eigenvalue weighted by molar-refractivity contribution is 0.115. The number of rotatable bonds is 1. The maximum Gasteiger partial charge on any atom is 0.407 e. The van der Waals surface area contributed by atoms with Crippen LogP contribution in [0.2, 0.25) is 0 Å². The summed E-state index contributed by atoms with van der Waals surface area (Å²) in [5.74, 6) is 0. The second-order valence-corrected chi connectivity index (χ2v) is 4.23. The Labute approximate surface area is 99.4 Å². The molecule has 3 heteroatoms. The highest BCUT2D eigenvalue weighted by atomic mass is 16.5. The van der Waals surface area contributed by atoms with E-state index >= 15 is 0 Å². The number of cyclic esters (lactones) is 1. The molecule has 0 bridgehead atoms. The monoisotopic (exact) mass is 227 g/mol. The van der Waals surface area contributed by atoms with Gasteiger partial charge in [-0.3, -0.25) is 0 Å². The fourth-order valence-electron chi connectivity index (χ4n) is 2.20. The minimum absolute atomic E-state index is 0.0702.